The van der Waals surface area contributed by atoms with Crippen LogP contribution in [-0.2, 0) is 9.53 Å². The third kappa shape index (κ3) is 5.32. The van der Waals surface area contributed by atoms with E-state index < -0.39 is 17.7 Å². The van der Waals surface area contributed by atoms with Crippen molar-refractivity contribution in [1.29, 1.82) is 0 Å². The molecule has 0 atom stereocenters. The number of carboxylic acids is 1. The van der Waals surface area contributed by atoms with Crippen molar-refractivity contribution < 1.29 is 19.4 Å². The number of hydrogen-bond donors (Lipinski definition) is 1. The zero-order chi connectivity index (χ0) is 18.6. The zero-order valence-corrected chi connectivity index (χ0v) is 15.2. The number of aliphatic carboxylic acids is 1. The number of ether oxygens (including phenoxy) is 1. The van der Waals surface area contributed by atoms with Gasteiger partial charge in [0.1, 0.15) is 5.60 Å². The van der Waals surface area contributed by atoms with Gasteiger partial charge in [-0.2, -0.15) is 0 Å². The van der Waals surface area contributed by atoms with Crippen molar-refractivity contribution in [3.63, 3.8) is 0 Å². The number of amides is 1. The maximum absolute atomic E-state index is 12.7. The van der Waals surface area contributed by atoms with Crippen LogP contribution in [0.2, 0.25) is 5.02 Å². The summed E-state index contributed by atoms with van der Waals surface area (Å²) in [7, 11) is 0. The topological polar surface area (TPSA) is 79.7 Å². The van der Waals surface area contributed by atoms with Gasteiger partial charge in [-0.15, -0.1) is 0 Å². The molecular formula is C18H21ClN2O4. The quantitative estimate of drug-likeness (QED) is 0.845. The number of nitrogens with zero attached hydrogens (tertiary/aromatic N) is 2. The van der Waals surface area contributed by atoms with Gasteiger partial charge in [-0.1, -0.05) is 11.6 Å². The van der Waals surface area contributed by atoms with Crippen LogP contribution in [0.4, 0.5) is 10.5 Å². The van der Waals surface area contributed by atoms with Crippen molar-refractivity contribution in [3.8, 4) is 0 Å². The summed E-state index contributed by atoms with van der Waals surface area (Å²) in [5.41, 5.74) is 0.604. The molecule has 1 heterocycles. The number of hydrogen-bond acceptors (Lipinski definition) is 4. The molecule has 2 aromatic rings. The normalized spacial score (nSPS) is 11.4. The van der Waals surface area contributed by atoms with Gasteiger partial charge in [-0.25, -0.2) is 4.79 Å². The van der Waals surface area contributed by atoms with Gasteiger partial charge in [0.05, 0.1) is 11.2 Å². The molecule has 0 aliphatic carbocycles. The number of benzene rings is 1. The van der Waals surface area contributed by atoms with Crippen LogP contribution in [0.3, 0.4) is 0 Å². The summed E-state index contributed by atoms with van der Waals surface area (Å²) in [5, 5.41) is 10.2. The molecule has 0 radical (unpaired) electrons. The number of carbonyl (C=O) groups excluding carboxylic acids is 1. The number of halogens is 1. The van der Waals surface area contributed by atoms with E-state index in [4.69, 9.17) is 21.4 Å². The average Bonchev–Trinajstić information content (AvgIpc) is 2.48. The minimum absolute atomic E-state index is 0.0336. The van der Waals surface area contributed by atoms with E-state index in [-0.39, 0.29) is 13.0 Å². The van der Waals surface area contributed by atoms with E-state index in [9.17, 15) is 9.59 Å². The molecule has 2 rings (SSSR count). The van der Waals surface area contributed by atoms with Crippen LogP contribution in [0.15, 0.2) is 30.5 Å². The molecule has 1 amide bonds. The SMILES string of the molecule is CC(C)(C)OC(=O)N(CCCC(=O)O)c1ccnc2cc(Cl)ccc12. The largest absolute Gasteiger partial charge is 0.481 e. The number of carboxylic acid groups (broad SMARTS) is 1. The minimum Gasteiger partial charge on any atom is -0.481 e. The Morgan fingerprint density at radius 2 is 2.00 bits per heavy atom. The predicted molar refractivity (Wildman–Crippen MR) is 97.2 cm³/mol. The first kappa shape index (κ1) is 19.0. The molecule has 1 aromatic heterocycles. The van der Waals surface area contributed by atoms with Gasteiger partial charge in [-0.05, 0) is 51.5 Å². The Morgan fingerprint density at radius 1 is 1.28 bits per heavy atom. The number of carbonyl (C=O) groups is 2. The Hall–Kier alpha value is -2.34. The van der Waals surface area contributed by atoms with Gasteiger partial charge >= 0.3 is 12.1 Å². The first-order valence-electron chi connectivity index (χ1n) is 7.94. The number of anilines is 1. The molecule has 7 heteroatoms. The number of aromatic nitrogens is 1. The van der Waals surface area contributed by atoms with Crippen molar-refractivity contribution in [1.82, 2.24) is 4.98 Å². The van der Waals surface area contributed by atoms with E-state index in [1.807, 2.05) is 0 Å². The van der Waals surface area contributed by atoms with Gasteiger partial charge in [0.25, 0.3) is 0 Å². The van der Waals surface area contributed by atoms with Crippen LogP contribution >= 0.6 is 11.6 Å². The predicted octanol–water partition coefficient (Wildman–Crippen LogP) is 4.49. The van der Waals surface area contributed by atoms with Crippen molar-refractivity contribution in [2.75, 3.05) is 11.4 Å². The molecule has 25 heavy (non-hydrogen) atoms. The smallest absolute Gasteiger partial charge is 0.414 e. The highest BCUT2D eigenvalue weighted by Gasteiger charge is 2.24. The molecule has 0 saturated carbocycles. The van der Waals surface area contributed by atoms with Gasteiger partial charge in [-0.3, -0.25) is 14.7 Å². The summed E-state index contributed by atoms with van der Waals surface area (Å²) in [4.78, 5) is 29.2. The molecule has 0 unspecified atom stereocenters. The molecule has 1 aromatic carbocycles. The fourth-order valence-corrected chi connectivity index (χ4v) is 2.52. The van der Waals surface area contributed by atoms with E-state index in [1.165, 1.54) is 4.90 Å². The molecule has 0 bridgehead atoms. The van der Waals surface area contributed by atoms with Crippen LogP contribution < -0.4 is 4.90 Å². The molecule has 0 aliphatic heterocycles. The fraction of sp³-hybridized carbons (Fsp3) is 0.389. The fourth-order valence-electron chi connectivity index (χ4n) is 2.36. The van der Waals surface area contributed by atoms with Gasteiger partial charge in [0, 0.05) is 29.6 Å². The zero-order valence-electron chi connectivity index (χ0n) is 14.5. The number of rotatable bonds is 5. The molecular weight excluding hydrogens is 344 g/mol. The number of pyridine rings is 1. The van der Waals surface area contributed by atoms with Crippen LogP contribution in [0.25, 0.3) is 10.9 Å². The third-order valence-electron chi connectivity index (χ3n) is 3.36. The highest BCUT2D eigenvalue weighted by Crippen LogP contribution is 2.29. The van der Waals surface area contributed by atoms with Crippen molar-refractivity contribution in [2.45, 2.75) is 39.2 Å². The Balaban J connectivity index is 2.40. The maximum atomic E-state index is 12.7. The Kier molecular flexibility index (Phi) is 5.85. The lowest BCUT2D eigenvalue weighted by Crippen LogP contribution is -2.37. The molecule has 0 spiro atoms. The van der Waals surface area contributed by atoms with Crippen molar-refractivity contribution in [3.05, 3.63) is 35.5 Å². The summed E-state index contributed by atoms with van der Waals surface area (Å²) in [6.07, 6.45) is 1.34. The minimum atomic E-state index is -0.907. The summed E-state index contributed by atoms with van der Waals surface area (Å²) >= 11 is 6.01. The second-order valence-electron chi connectivity index (χ2n) is 6.62. The van der Waals surface area contributed by atoms with Crippen LogP contribution in [0.5, 0.6) is 0 Å². The summed E-state index contributed by atoms with van der Waals surface area (Å²) in [6.45, 7) is 5.57. The Morgan fingerprint density at radius 3 is 2.64 bits per heavy atom. The van der Waals surface area contributed by atoms with Crippen LogP contribution in [0, 0.1) is 0 Å². The van der Waals surface area contributed by atoms with E-state index >= 15 is 0 Å². The van der Waals surface area contributed by atoms with Crippen LogP contribution in [0.1, 0.15) is 33.6 Å². The first-order valence-corrected chi connectivity index (χ1v) is 8.32. The summed E-state index contributed by atoms with van der Waals surface area (Å²) < 4.78 is 5.48. The lowest BCUT2D eigenvalue weighted by molar-refractivity contribution is -0.137. The second kappa shape index (κ2) is 7.70. The molecule has 0 fully saturated rings. The lowest BCUT2D eigenvalue weighted by Gasteiger charge is -2.28. The van der Waals surface area contributed by atoms with E-state index in [0.717, 1.165) is 5.39 Å². The third-order valence-corrected chi connectivity index (χ3v) is 3.59. The van der Waals surface area contributed by atoms with E-state index in [1.54, 1.807) is 51.2 Å². The average molecular weight is 365 g/mol. The Labute approximate surface area is 151 Å². The number of fused-ring (bicyclic) bond motifs is 1. The molecule has 134 valence electrons. The maximum Gasteiger partial charge on any atom is 0.414 e. The highest BCUT2D eigenvalue weighted by atomic mass is 35.5. The second-order valence-corrected chi connectivity index (χ2v) is 7.06. The first-order chi connectivity index (χ1) is 11.7. The lowest BCUT2D eigenvalue weighted by atomic mass is 10.1. The highest BCUT2D eigenvalue weighted by molar-refractivity contribution is 6.31. The van der Waals surface area contributed by atoms with Gasteiger partial charge in [0.2, 0.25) is 0 Å². The Bertz CT molecular complexity index is 786. The molecule has 0 aliphatic rings. The molecule has 1 N–H and O–H groups in total. The van der Waals surface area contributed by atoms with Gasteiger partial charge in [0.15, 0.2) is 0 Å². The summed E-state index contributed by atoms with van der Waals surface area (Å²) in [5.74, 6) is -0.907. The van der Waals surface area contributed by atoms with Crippen LogP contribution in [-0.4, -0.2) is 34.3 Å². The molecule has 6 nitrogen and oxygen atoms in total. The standard InChI is InChI=1S/C18H21ClN2O4/c1-18(2,3)25-17(24)21(10-4-5-16(22)23)15-8-9-20-14-11-12(19)6-7-13(14)15/h6-9,11H,4-5,10H2,1-3H3,(H,22,23). The summed E-state index contributed by atoms with van der Waals surface area (Å²) in [6, 6.07) is 6.93. The molecule has 0 saturated heterocycles. The van der Waals surface area contributed by atoms with E-state index in [2.05, 4.69) is 4.98 Å². The van der Waals surface area contributed by atoms with Gasteiger partial charge < -0.3 is 9.84 Å². The van der Waals surface area contributed by atoms with E-state index in [0.29, 0.717) is 22.6 Å². The van der Waals surface area contributed by atoms with Crippen molar-refractivity contribution in [2.24, 2.45) is 0 Å². The monoisotopic (exact) mass is 364 g/mol. The van der Waals surface area contributed by atoms with Crippen molar-refractivity contribution >= 4 is 40.3 Å².